The molecule has 0 unspecified atom stereocenters. The van der Waals surface area contributed by atoms with Gasteiger partial charge >= 0.3 is 0 Å². The molecule has 1 aliphatic heterocycles. The highest BCUT2D eigenvalue weighted by Gasteiger charge is 2.28. The highest BCUT2D eigenvalue weighted by molar-refractivity contribution is 8.26. The zero-order valence-corrected chi connectivity index (χ0v) is 19.9. The molecule has 0 radical (unpaired) electrons. The maximum absolute atomic E-state index is 12.2. The van der Waals surface area contributed by atoms with Crippen LogP contribution in [0.2, 0.25) is 0 Å². The normalized spacial score (nSPS) is 15.0. The van der Waals surface area contributed by atoms with E-state index in [9.17, 15) is 4.79 Å². The van der Waals surface area contributed by atoms with Crippen molar-refractivity contribution in [2.45, 2.75) is 27.2 Å². The summed E-state index contributed by atoms with van der Waals surface area (Å²) >= 11 is 6.49. The van der Waals surface area contributed by atoms with Crippen LogP contribution in [0.5, 0.6) is 17.2 Å². The Morgan fingerprint density at radius 3 is 2.39 bits per heavy atom. The van der Waals surface area contributed by atoms with Gasteiger partial charge in [0.2, 0.25) is 0 Å². The second-order valence-electron chi connectivity index (χ2n) is 7.15. The van der Waals surface area contributed by atoms with E-state index < -0.39 is 0 Å². The number of ether oxygens (including phenoxy) is 3. The van der Waals surface area contributed by atoms with Crippen molar-refractivity contribution >= 4 is 40.3 Å². The van der Waals surface area contributed by atoms with Gasteiger partial charge < -0.3 is 14.2 Å². The Labute approximate surface area is 193 Å². The average molecular weight is 458 g/mol. The maximum Gasteiger partial charge on any atom is 0.265 e. The van der Waals surface area contributed by atoms with Crippen LogP contribution in [0.1, 0.15) is 30.0 Å². The summed E-state index contributed by atoms with van der Waals surface area (Å²) < 4.78 is 18.2. The van der Waals surface area contributed by atoms with E-state index in [0.29, 0.717) is 40.5 Å². The minimum atomic E-state index is -0.0859. The Kier molecular flexibility index (Phi) is 7.98. The van der Waals surface area contributed by atoms with Crippen molar-refractivity contribution in [1.29, 1.82) is 0 Å². The second kappa shape index (κ2) is 10.7. The Bertz CT molecular complexity index is 983. The van der Waals surface area contributed by atoms with E-state index in [1.54, 1.807) is 7.05 Å². The van der Waals surface area contributed by atoms with Gasteiger partial charge in [0.1, 0.15) is 10.1 Å². The number of amides is 1. The van der Waals surface area contributed by atoms with Gasteiger partial charge in [-0.25, -0.2) is 0 Å². The lowest BCUT2D eigenvalue weighted by Gasteiger charge is -2.14. The number of carbonyl (C=O) groups excluding carboxylic acids is 1. The van der Waals surface area contributed by atoms with Crippen molar-refractivity contribution in [3.8, 4) is 17.2 Å². The van der Waals surface area contributed by atoms with E-state index in [4.69, 9.17) is 26.4 Å². The fourth-order valence-electron chi connectivity index (χ4n) is 3.14. The molecular weight excluding hydrogens is 430 g/mol. The Morgan fingerprint density at radius 2 is 1.74 bits per heavy atom. The minimum Gasteiger partial charge on any atom is -0.493 e. The molecule has 0 aromatic heterocycles. The van der Waals surface area contributed by atoms with Crippen LogP contribution in [-0.4, -0.2) is 42.0 Å². The Balaban J connectivity index is 1.60. The zero-order chi connectivity index (χ0) is 22.4. The second-order valence-corrected chi connectivity index (χ2v) is 8.83. The molecule has 0 aliphatic carbocycles. The smallest absolute Gasteiger partial charge is 0.265 e. The lowest BCUT2D eigenvalue weighted by molar-refractivity contribution is -0.121. The van der Waals surface area contributed by atoms with Crippen LogP contribution in [-0.2, 0) is 4.79 Å². The van der Waals surface area contributed by atoms with Crippen LogP contribution >= 0.6 is 24.0 Å². The molecule has 5 nitrogen and oxygen atoms in total. The molecule has 164 valence electrons. The van der Waals surface area contributed by atoms with E-state index in [1.807, 2.05) is 63.2 Å². The number of benzene rings is 2. The van der Waals surface area contributed by atoms with E-state index in [1.165, 1.54) is 16.7 Å². The number of carbonyl (C=O) groups is 1. The van der Waals surface area contributed by atoms with Crippen molar-refractivity contribution in [2.75, 3.05) is 26.9 Å². The third-order valence-electron chi connectivity index (χ3n) is 4.75. The van der Waals surface area contributed by atoms with E-state index >= 15 is 0 Å². The molecule has 1 aliphatic rings. The third kappa shape index (κ3) is 5.80. The average Bonchev–Trinajstić information content (AvgIpc) is 2.98. The van der Waals surface area contributed by atoms with Crippen molar-refractivity contribution in [3.05, 3.63) is 58.0 Å². The summed E-state index contributed by atoms with van der Waals surface area (Å²) in [4.78, 5) is 14.3. The van der Waals surface area contributed by atoms with Crippen molar-refractivity contribution in [3.63, 3.8) is 0 Å². The van der Waals surface area contributed by atoms with Crippen LogP contribution in [0.15, 0.2) is 41.3 Å². The summed E-state index contributed by atoms with van der Waals surface area (Å²) in [7, 11) is 1.69. The monoisotopic (exact) mass is 457 g/mol. The number of hydrogen-bond acceptors (Lipinski definition) is 6. The molecular formula is C24H27NO4S2. The first-order valence-corrected chi connectivity index (χ1v) is 11.4. The van der Waals surface area contributed by atoms with Crippen LogP contribution in [0.25, 0.3) is 6.08 Å². The van der Waals surface area contributed by atoms with Crippen LogP contribution in [0.3, 0.4) is 0 Å². The molecule has 31 heavy (non-hydrogen) atoms. The molecule has 0 atom stereocenters. The van der Waals surface area contributed by atoms with Gasteiger partial charge in [0, 0.05) is 13.5 Å². The summed E-state index contributed by atoms with van der Waals surface area (Å²) in [5, 5.41) is 0. The quantitative estimate of drug-likeness (QED) is 0.286. The van der Waals surface area contributed by atoms with Gasteiger partial charge in [-0.2, -0.15) is 0 Å². The molecule has 2 aromatic carbocycles. The molecule has 0 N–H and O–H groups in total. The molecule has 0 spiro atoms. The van der Waals surface area contributed by atoms with Crippen molar-refractivity contribution in [2.24, 2.45) is 0 Å². The van der Waals surface area contributed by atoms with Crippen LogP contribution < -0.4 is 14.2 Å². The van der Waals surface area contributed by atoms with Crippen LogP contribution in [0, 0.1) is 13.8 Å². The number of aryl methyl sites for hydroxylation is 2. The lowest BCUT2D eigenvalue weighted by atomic mass is 10.1. The number of thiocarbonyl (C=S) groups is 1. The van der Waals surface area contributed by atoms with Gasteiger partial charge in [0.05, 0.1) is 24.7 Å². The number of para-hydroxylation sites is 1. The molecule has 1 saturated heterocycles. The first-order valence-electron chi connectivity index (χ1n) is 10.2. The van der Waals surface area contributed by atoms with E-state index in [-0.39, 0.29) is 5.91 Å². The number of hydrogen-bond donors (Lipinski definition) is 0. The van der Waals surface area contributed by atoms with Gasteiger partial charge in [0.25, 0.3) is 5.91 Å². The zero-order valence-electron chi connectivity index (χ0n) is 18.3. The highest BCUT2D eigenvalue weighted by Crippen LogP contribution is 2.34. The third-order valence-corrected chi connectivity index (χ3v) is 6.24. The molecule has 0 saturated carbocycles. The standard InChI is InChI=1S/C24H27NO4S2/c1-5-27-20-14-18(15-21-23(26)25(4)24(30)31-21)10-11-19(20)28-12-7-13-29-22-16(2)8-6-9-17(22)3/h6,8-11,14-15H,5,7,12-13H2,1-4H3. The number of likely N-dealkylation sites (N-methyl/N-ethyl adjacent to an activating group) is 1. The van der Waals surface area contributed by atoms with Crippen molar-refractivity contribution in [1.82, 2.24) is 4.90 Å². The first kappa shape index (κ1) is 23.2. The fraction of sp³-hybridized carbons (Fsp3) is 0.333. The predicted octanol–water partition coefficient (Wildman–Crippen LogP) is 5.38. The SMILES string of the molecule is CCOc1cc(C=C2SC(=S)N(C)C2=O)ccc1OCCCOc1c(C)cccc1C. The Hall–Kier alpha value is -2.51. The van der Waals surface area contributed by atoms with Gasteiger partial charge in [-0.05, 0) is 55.7 Å². The summed E-state index contributed by atoms with van der Waals surface area (Å²) in [5.41, 5.74) is 3.13. The molecule has 1 amide bonds. The van der Waals surface area contributed by atoms with Crippen LogP contribution in [0.4, 0.5) is 0 Å². The Morgan fingerprint density at radius 1 is 1.03 bits per heavy atom. The van der Waals surface area contributed by atoms with Gasteiger partial charge in [-0.3, -0.25) is 9.69 Å². The number of nitrogens with zero attached hydrogens (tertiary/aromatic N) is 1. The molecule has 0 bridgehead atoms. The first-order chi connectivity index (χ1) is 14.9. The summed E-state index contributed by atoms with van der Waals surface area (Å²) in [5.74, 6) is 2.18. The predicted molar refractivity (Wildman–Crippen MR) is 130 cm³/mol. The largest absolute Gasteiger partial charge is 0.493 e. The van der Waals surface area contributed by atoms with E-state index in [2.05, 4.69) is 0 Å². The van der Waals surface area contributed by atoms with Gasteiger partial charge in [-0.1, -0.05) is 48.2 Å². The molecule has 3 rings (SSSR count). The summed E-state index contributed by atoms with van der Waals surface area (Å²) in [6.07, 6.45) is 2.58. The fourth-order valence-corrected chi connectivity index (χ4v) is 4.32. The molecule has 1 fully saturated rings. The van der Waals surface area contributed by atoms with Gasteiger partial charge in [-0.15, -0.1) is 0 Å². The summed E-state index contributed by atoms with van der Waals surface area (Å²) in [6, 6.07) is 11.8. The molecule has 7 heteroatoms. The summed E-state index contributed by atoms with van der Waals surface area (Å²) in [6.45, 7) is 7.63. The molecule has 2 aromatic rings. The maximum atomic E-state index is 12.2. The van der Waals surface area contributed by atoms with E-state index in [0.717, 1.165) is 28.9 Å². The van der Waals surface area contributed by atoms with Crippen molar-refractivity contribution < 1.29 is 19.0 Å². The highest BCUT2D eigenvalue weighted by atomic mass is 32.2. The molecule has 1 heterocycles. The number of thioether (sulfide) groups is 1. The van der Waals surface area contributed by atoms with Gasteiger partial charge in [0.15, 0.2) is 11.5 Å². The minimum absolute atomic E-state index is 0.0859. The lowest BCUT2D eigenvalue weighted by Crippen LogP contribution is -2.22. The number of rotatable bonds is 9. The topological polar surface area (TPSA) is 48.0 Å².